The average molecular weight is 202 g/mol. The van der Waals surface area contributed by atoms with E-state index in [1.165, 1.54) is 0 Å². The fourth-order valence-corrected chi connectivity index (χ4v) is 1.01. The van der Waals surface area contributed by atoms with Crippen molar-refractivity contribution in [2.75, 3.05) is 6.67 Å². The Morgan fingerprint density at radius 3 is 2.86 bits per heavy atom. The minimum absolute atomic E-state index is 0.230. The SMILES string of the molecule is NC(=O)c1c([N+](=O)[O-])cnn1CCF. The number of hydrogen-bond donors (Lipinski definition) is 1. The van der Waals surface area contributed by atoms with E-state index in [1.54, 1.807) is 0 Å². The molecule has 1 amide bonds. The smallest absolute Gasteiger partial charge is 0.320 e. The summed E-state index contributed by atoms with van der Waals surface area (Å²) in [7, 11) is 0. The lowest BCUT2D eigenvalue weighted by Gasteiger charge is -1.99. The van der Waals surface area contributed by atoms with E-state index in [-0.39, 0.29) is 12.2 Å². The normalized spacial score (nSPS) is 10.1. The molecule has 0 saturated carbocycles. The first kappa shape index (κ1) is 10.1. The van der Waals surface area contributed by atoms with E-state index in [9.17, 15) is 19.3 Å². The lowest BCUT2D eigenvalue weighted by molar-refractivity contribution is -0.385. The number of amides is 1. The van der Waals surface area contributed by atoms with Gasteiger partial charge in [0.1, 0.15) is 12.9 Å². The highest BCUT2D eigenvalue weighted by Crippen LogP contribution is 2.16. The molecule has 1 heterocycles. The zero-order chi connectivity index (χ0) is 10.7. The van der Waals surface area contributed by atoms with Gasteiger partial charge in [-0.05, 0) is 0 Å². The molecule has 14 heavy (non-hydrogen) atoms. The number of aryl methyl sites for hydroxylation is 1. The number of primary amides is 1. The van der Waals surface area contributed by atoms with Crippen LogP contribution in [0, 0.1) is 10.1 Å². The number of carbonyl (C=O) groups excluding carboxylic acids is 1. The maximum absolute atomic E-state index is 11.9. The van der Waals surface area contributed by atoms with Crippen molar-refractivity contribution in [1.29, 1.82) is 0 Å². The number of halogens is 1. The highest BCUT2D eigenvalue weighted by Gasteiger charge is 2.24. The Balaban J connectivity index is 3.20. The molecule has 0 bridgehead atoms. The monoisotopic (exact) mass is 202 g/mol. The fourth-order valence-electron chi connectivity index (χ4n) is 1.01. The Bertz CT molecular complexity index is 375. The highest BCUT2D eigenvalue weighted by molar-refractivity contribution is 5.95. The molecule has 2 N–H and O–H groups in total. The van der Waals surface area contributed by atoms with Crippen LogP contribution >= 0.6 is 0 Å². The molecule has 1 aromatic heterocycles. The quantitative estimate of drug-likeness (QED) is 0.541. The van der Waals surface area contributed by atoms with Crippen LogP contribution in [0.25, 0.3) is 0 Å². The van der Waals surface area contributed by atoms with Gasteiger partial charge in [0.2, 0.25) is 5.69 Å². The molecule has 0 aliphatic heterocycles. The van der Waals surface area contributed by atoms with Crippen molar-refractivity contribution in [2.45, 2.75) is 6.54 Å². The first-order chi connectivity index (χ1) is 6.57. The van der Waals surface area contributed by atoms with Gasteiger partial charge in [0, 0.05) is 0 Å². The molecule has 1 rings (SSSR count). The van der Waals surface area contributed by atoms with Crippen LogP contribution in [0.2, 0.25) is 0 Å². The number of nitrogens with zero attached hydrogens (tertiary/aromatic N) is 3. The summed E-state index contributed by atoms with van der Waals surface area (Å²) in [5, 5.41) is 13.9. The van der Waals surface area contributed by atoms with Crippen LogP contribution in [-0.2, 0) is 6.54 Å². The van der Waals surface area contributed by atoms with Gasteiger partial charge in [0.15, 0.2) is 0 Å². The van der Waals surface area contributed by atoms with Gasteiger partial charge < -0.3 is 5.73 Å². The summed E-state index contributed by atoms with van der Waals surface area (Å²) in [4.78, 5) is 20.4. The number of alkyl halides is 1. The van der Waals surface area contributed by atoms with Crippen LogP contribution in [0.4, 0.5) is 10.1 Å². The molecule has 0 spiro atoms. The van der Waals surface area contributed by atoms with E-state index in [1.807, 2.05) is 0 Å². The minimum atomic E-state index is -0.998. The average Bonchev–Trinajstić information content (AvgIpc) is 2.48. The molecule has 0 aliphatic carbocycles. The molecule has 8 heteroatoms. The molecule has 0 unspecified atom stereocenters. The summed E-state index contributed by atoms with van der Waals surface area (Å²) >= 11 is 0. The molecule has 1 aromatic rings. The van der Waals surface area contributed by atoms with Gasteiger partial charge in [-0.3, -0.25) is 19.6 Å². The van der Waals surface area contributed by atoms with Crippen molar-refractivity contribution in [1.82, 2.24) is 9.78 Å². The standard InChI is InChI=1S/C6H7FN4O3/c7-1-2-10-5(6(8)12)4(3-9-10)11(13)14/h3H,1-2H2,(H2,8,12). The second-order valence-corrected chi connectivity index (χ2v) is 2.41. The van der Waals surface area contributed by atoms with Crippen molar-refractivity contribution in [3.63, 3.8) is 0 Å². The Morgan fingerprint density at radius 2 is 2.43 bits per heavy atom. The van der Waals surface area contributed by atoms with Crippen LogP contribution in [0.15, 0.2) is 6.20 Å². The second-order valence-electron chi connectivity index (χ2n) is 2.41. The zero-order valence-corrected chi connectivity index (χ0v) is 7.01. The van der Waals surface area contributed by atoms with E-state index in [4.69, 9.17) is 5.73 Å². The summed E-state index contributed by atoms with van der Waals surface area (Å²) in [5.41, 5.74) is 4.01. The van der Waals surface area contributed by atoms with Crippen LogP contribution in [0.5, 0.6) is 0 Å². The van der Waals surface area contributed by atoms with Gasteiger partial charge in [-0.2, -0.15) is 5.10 Å². The van der Waals surface area contributed by atoms with Gasteiger partial charge in [-0.1, -0.05) is 0 Å². The molecule has 76 valence electrons. The predicted octanol–water partition coefficient (Wildman–Crippen LogP) is -0.140. The first-order valence-electron chi connectivity index (χ1n) is 3.64. The summed E-state index contributed by atoms with van der Waals surface area (Å²) in [6, 6.07) is 0. The first-order valence-corrected chi connectivity index (χ1v) is 3.64. The maximum Gasteiger partial charge on any atom is 0.320 e. The second kappa shape index (κ2) is 3.81. The summed E-state index contributed by atoms with van der Waals surface area (Å²) in [5.74, 6) is -0.998. The molecule has 0 saturated heterocycles. The number of rotatable bonds is 4. The van der Waals surface area contributed by atoms with Crippen molar-refractivity contribution >= 4 is 11.6 Å². The Kier molecular flexibility index (Phi) is 2.75. The maximum atomic E-state index is 11.9. The Morgan fingerprint density at radius 1 is 1.79 bits per heavy atom. The topological polar surface area (TPSA) is 104 Å². The van der Waals surface area contributed by atoms with E-state index < -0.39 is 23.2 Å². The Labute approximate surface area is 77.5 Å². The van der Waals surface area contributed by atoms with E-state index >= 15 is 0 Å². The van der Waals surface area contributed by atoms with Crippen molar-refractivity contribution in [3.8, 4) is 0 Å². The predicted molar refractivity (Wildman–Crippen MR) is 43.4 cm³/mol. The molecular formula is C6H7FN4O3. The highest BCUT2D eigenvalue weighted by atomic mass is 19.1. The van der Waals surface area contributed by atoms with Crippen LogP contribution < -0.4 is 5.73 Å². The fraction of sp³-hybridized carbons (Fsp3) is 0.333. The molecule has 0 radical (unpaired) electrons. The molecular weight excluding hydrogens is 195 g/mol. The van der Waals surface area contributed by atoms with Crippen LogP contribution in [0.3, 0.4) is 0 Å². The number of hydrogen-bond acceptors (Lipinski definition) is 4. The van der Waals surface area contributed by atoms with Crippen molar-refractivity contribution in [2.24, 2.45) is 5.73 Å². The van der Waals surface area contributed by atoms with E-state index in [0.717, 1.165) is 10.9 Å². The summed E-state index contributed by atoms with van der Waals surface area (Å²) < 4.78 is 12.8. The lowest BCUT2D eigenvalue weighted by atomic mass is 10.3. The van der Waals surface area contributed by atoms with Crippen molar-refractivity contribution < 1.29 is 14.1 Å². The van der Waals surface area contributed by atoms with Crippen LogP contribution in [0.1, 0.15) is 10.5 Å². The number of carbonyl (C=O) groups is 1. The zero-order valence-electron chi connectivity index (χ0n) is 7.01. The third-order valence-corrected chi connectivity index (χ3v) is 1.55. The van der Waals surface area contributed by atoms with Crippen LogP contribution in [-0.4, -0.2) is 27.3 Å². The van der Waals surface area contributed by atoms with Gasteiger partial charge >= 0.3 is 5.69 Å². The number of nitro groups is 1. The van der Waals surface area contributed by atoms with Gasteiger partial charge in [0.05, 0.1) is 11.5 Å². The lowest BCUT2D eigenvalue weighted by Crippen LogP contribution is -2.19. The van der Waals surface area contributed by atoms with Gasteiger partial charge in [0.25, 0.3) is 5.91 Å². The third kappa shape index (κ3) is 1.68. The summed E-state index contributed by atoms with van der Waals surface area (Å²) in [6.45, 7) is -1.01. The largest absolute Gasteiger partial charge is 0.364 e. The van der Waals surface area contributed by atoms with Gasteiger partial charge in [-0.15, -0.1) is 0 Å². The summed E-state index contributed by atoms with van der Waals surface area (Å²) in [6.07, 6.45) is 0.871. The molecule has 0 aliphatic rings. The molecule has 0 fully saturated rings. The molecule has 0 aromatic carbocycles. The molecule has 7 nitrogen and oxygen atoms in total. The number of nitrogens with two attached hydrogens (primary N) is 1. The third-order valence-electron chi connectivity index (χ3n) is 1.55. The number of aromatic nitrogens is 2. The van der Waals surface area contributed by atoms with Crippen molar-refractivity contribution in [3.05, 3.63) is 22.0 Å². The van der Waals surface area contributed by atoms with E-state index in [2.05, 4.69) is 5.10 Å². The van der Waals surface area contributed by atoms with E-state index in [0.29, 0.717) is 0 Å². The Hall–Kier alpha value is -1.99. The molecule has 0 atom stereocenters. The minimum Gasteiger partial charge on any atom is -0.364 e. The van der Waals surface area contributed by atoms with Gasteiger partial charge in [-0.25, -0.2) is 4.39 Å².